The van der Waals surface area contributed by atoms with Gasteiger partial charge < -0.3 is 10.2 Å². The molecule has 1 heterocycles. The number of hydrogen-bond acceptors (Lipinski definition) is 3. The van der Waals surface area contributed by atoms with Gasteiger partial charge in [0.05, 0.1) is 6.54 Å². The highest BCUT2D eigenvalue weighted by Crippen LogP contribution is 2.17. The van der Waals surface area contributed by atoms with Gasteiger partial charge in [0, 0.05) is 12.1 Å². The van der Waals surface area contributed by atoms with E-state index in [-0.39, 0.29) is 0 Å². The van der Waals surface area contributed by atoms with Gasteiger partial charge in [-0.3, -0.25) is 4.90 Å². The Bertz CT molecular complexity index is 370. The van der Waals surface area contributed by atoms with Gasteiger partial charge in [0.1, 0.15) is 11.5 Å². The first-order valence-corrected chi connectivity index (χ1v) is 7.93. The minimum absolute atomic E-state index is 0.563. The van der Waals surface area contributed by atoms with Crippen molar-refractivity contribution in [2.24, 2.45) is 17.6 Å². The van der Waals surface area contributed by atoms with Gasteiger partial charge in [0.15, 0.2) is 0 Å². The van der Waals surface area contributed by atoms with Gasteiger partial charge in [-0.15, -0.1) is 0 Å². The molecule has 0 spiro atoms. The lowest BCUT2D eigenvalue weighted by atomic mass is 10.1. The lowest BCUT2D eigenvalue weighted by Gasteiger charge is -2.23. The van der Waals surface area contributed by atoms with E-state index in [0.717, 1.165) is 48.6 Å². The van der Waals surface area contributed by atoms with E-state index in [9.17, 15) is 0 Å². The van der Waals surface area contributed by atoms with Crippen LogP contribution in [-0.4, -0.2) is 18.0 Å². The molecule has 0 amide bonds. The van der Waals surface area contributed by atoms with E-state index < -0.39 is 0 Å². The number of nitrogens with two attached hydrogens (primary N) is 1. The molecule has 0 saturated carbocycles. The molecule has 3 nitrogen and oxygen atoms in total. The van der Waals surface area contributed by atoms with Crippen LogP contribution in [0.2, 0.25) is 0 Å². The van der Waals surface area contributed by atoms with Crippen molar-refractivity contribution in [3.63, 3.8) is 0 Å². The van der Waals surface area contributed by atoms with Gasteiger partial charge in [-0.25, -0.2) is 0 Å². The lowest BCUT2D eigenvalue weighted by Crippen LogP contribution is -2.27. The van der Waals surface area contributed by atoms with Crippen LogP contribution in [0, 0.1) is 18.8 Å². The maximum Gasteiger partial charge on any atom is 0.118 e. The fourth-order valence-corrected chi connectivity index (χ4v) is 2.24. The molecule has 0 saturated heterocycles. The smallest absolute Gasteiger partial charge is 0.118 e. The predicted molar refractivity (Wildman–Crippen MR) is 85.5 cm³/mol. The third-order valence-electron chi connectivity index (χ3n) is 3.72. The summed E-state index contributed by atoms with van der Waals surface area (Å²) in [5.41, 5.74) is 6.85. The maximum atomic E-state index is 5.83. The minimum Gasteiger partial charge on any atom is -0.465 e. The zero-order valence-electron chi connectivity index (χ0n) is 13.9. The van der Waals surface area contributed by atoms with Crippen LogP contribution in [-0.2, 0) is 13.1 Å². The fourth-order valence-electron chi connectivity index (χ4n) is 2.24. The monoisotopic (exact) mass is 280 g/mol. The molecular weight excluding hydrogens is 248 g/mol. The highest BCUT2D eigenvalue weighted by atomic mass is 16.3. The average Bonchev–Trinajstić information content (AvgIpc) is 2.72. The van der Waals surface area contributed by atoms with E-state index in [4.69, 9.17) is 10.2 Å². The fraction of sp³-hybridized carbons (Fsp3) is 0.765. The molecular formula is C17H32N2O. The summed E-state index contributed by atoms with van der Waals surface area (Å²) in [6, 6.07) is 2.12. The van der Waals surface area contributed by atoms with E-state index >= 15 is 0 Å². The maximum absolute atomic E-state index is 5.83. The van der Waals surface area contributed by atoms with Crippen LogP contribution in [0.25, 0.3) is 0 Å². The summed E-state index contributed by atoms with van der Waals surface area (Å²) >= 11 is 0. The number of furan rings is 1. The quantitative estimate of drug-likeness (QED) is 0.745. The Labute approximate surface area is 124 Å². The first-order valence-electron chi connectivity index (χ1n) is 7.93. The summed E-state index contributed by atoms with van der Waals surface area (Å²) in [6.45, 7) is 14.9. The summed E-state index contributed by atoms with van der Waals surface area (Å²) in [5, 5.41) is 0. The first-order chi connectivity index (χ1) is 9.42. The summed E-state index contributed by atoms with van der Waals surface area (Å²) < 4.78 is 5.83. The Morgan fingerprint density at radius 2 is 1.65 bits per heavy atom. The van der Waals surface area contributed by atoms with Gasteiger partial charge in [-0.2, -0.15) is 0 Å². The van der Waals surface area contributed by atoms with Gasteiger partial charge in [-0.1, -0.05) is 27.7 Å². The van der Waals surface area contributed by atoms with Crippen LogP contribution >= 0.6 is 0 Å². The molecule has 1 aromatic rings. The van der Waals surface area contributed by atoms with Crippen LogP contribution < -0.4 is 5.73 Å². The van der Waals surface area contributed by atoms with Crippen molar-refractivity contribution in [1.82, 2.24) is 4.90 Å². The average molecular weight is 280 g/mol. The van der Waals surface area contributed by atoms with Gasteiger partial charge >= 0.3 is 0 Å². The van der Waals surface area contributed by atoms with E-state index in [1.54, 1.807) is 0 Å². The molecule has 0 unspecified atom stereocenters. The zero-order valence-corrected chi connectivity index (χ0v) is 13.9. The Morgan fingerprint density at radius 1 is 1.10 bits per heavy atom. The third kappa shape index (κ3) is 6.10. The molecule has 0 aliphatic carbocycles. The second-order valence-electron chi connectivity index (χ2n) is 6.64. The highest BCUT2D eigenvalue weighted by Gasteiger charge is 2.12. The molecule has 0 aliphatic rings. The van der Waals surface area contributed by atoms with Crippen LogP contribution in [0.3, 0.4) is 0 Å². The van der Waals surface area contributed by atoms with E-state index in [1.165, 1.54) is 12.8 Å². The Kier molecular flexibility index (Phi) is 7.31. The van der Waals surface area contributed by atoms with Crippen molar-refractivity contribution in [1.29, 1.82) is 0 Å². The van der Waals surface area contributed by atoms with Crippen molar-refractivity contribution in [3.05, 3.63) is 23.2 Å². The molecule has 20 heavy (non-hydrogen) atoms. The molecule has 0 bridgehead atoms. The molecule has 116 valence electrons. The largest absolute Gasteiger partial charge is 0.465 e. The molecule has 1 aromatic heterocycles. The Hall–Kier alpha value is -0.800. The van der Waals surface area contributed by atoms with Crippen LogP contribution in [0.4, 0.5) is 0 Å². The zero-order chi connectivity index (χ0) is 15.1. The molecule has 0 aromatic carbocycles. The number of nitrogens with zero attached hydrogens (tertiary/aromatic N) is 1. The molecule has 2 N–H and O–H groups in total. The SMILES string of the molecule is Cc1oc(CN(CCC(C)C)CCC(C)C)cc1CN. The van der Waals surface area contributed by atoms with Crippen LogP contribution in [0.5, 0.6) is 0 Å². The molecule has 0 fully saturated rings. The molecule has 1 rings (SSSR count). The van der Waals surface area contributed by atoms with Crippen molar-refractivity contribution in [3.8, 4) is 0 Å². The van der Waals surface area contributed by atoms with Crippen molar-refractivity contribution < 1.29 is 4.42 Å². The Balaban J connectivity index is 2.61. The van der Waals surface area contributed by atoms with Gasteiger partial charge in [-0.05, 0) is 50.8 Å². The molecule has 0 atom stereocenters. The molecule has 3 heteroatoms. The number of aryl methyl sites for hydroxylation is 1. The number of rotatable bonds is 9. The topological polar surface area (TPSA) is 42.4 Å². The Morgan fingerprint density at radius 3 is 2.05 bits per heavy atom. The van der Waals surface area contributed by atoms with E-state index in [0.29, 0.717) is 6.54 Å². The first kappa shape index (κ1) is 17.3. The second-order valence-corrected chi connectivity index (χ2v) is 6.64. The van der Waals surface area contributed by atoms with Crippen molar-refractivity contribution in [2.45, 2.75) is 60.5 Å². The molecule has 0 radical (unpaired) electrons. The van der Waals surface area contributed by atoms with Gasteiger partial charge in [0.2, 0.25) is 0 Å². The second kappa shape index (κ2) is 8.48. The summed E-state index contributed by atoms with van der Waals surface area (Å²) in [6.07, 6.45) is 2.48. The van der Waals surface area contributed by atoms with Gasteiger partial charge in [0.25, 0.3) is 0 Å². The summed E-state index contributed by atoms with van der Waals surface area (Å²) in [5.74, 6) is 3.51. The lowest BCUT2D eigenvalue weighted by molar-refractivity contribution is 0.217. The van der Waals surface area contributed by atoms with Crippen LogP contribution in [0.1, 0.15) is 57.6 Å². The van der Waals surface area contributed by atoms with E-state index in [1.807, 2.05) is 6.92 Å². The minimum atomic E-state index is 0.563. The standard InChI is InChI=1S/C17H32N2O/c1-13(2)6-8-19(9-7-14(3)4)12-17-10-16(11-18)15(5)20-17/h10,13-14H,6-9,11-12,18H2,1-5H3. The normalized spacial score (nSPS) is 12.1. The summed E-state index contributed by atoms with van der Waals surface area (Å²) in [4.78, 5) is 2.51. The van der Waals surface area contributed by atoms with Crippen LogP contribution in [0.15, 0.2) is 10.5 Å². The molecule has 0 aliphatic heterocycles. The predicted octanol–water partition coefficient (Wildman–Crippen LogP) is 3.94. The highest BCUT2D eigenvalue weighted by molar-refractivity contribution is 5.20. The van der Waals surface area contributed by atoms with E-state index in [2.05, 4.69) is 38.7 Å². The number of hydrogen-bond donors (Lipinski definition) is 1. The summed E-state index contributed by atoms with van der Waals surface area (Å²) in [7, 11) is 0. The third-order valence-corrected chi connectivity index (χ3v) is 3.72. The van der Waals surface area contributed by atoms with Crippen molar-refractivity contribution in [2.75, 3.05) is 13.1 Å². The van der Waals surface area contributed by atoms with Crippen molar-refractivity contribution >= 4 is 0 Å².